The topological polar surface area (TPSA) is 41.0 Å². The molecule has 1 aromatic heterocycles. The van der Waals surface area contributed by atoms with Crippen LogP contribution < -0.4 is 0 Å². The Labute approximate surface area is 93.4 Å². The molecule has 1 aromatic carbocycles. The Kier molecular flexibility index (Phi) is 2.63. The van der Waals surface area contributed by atoms with E-state index in [2.05, 4.69) is 9.83 Å². The highest BCUT2D eigenvalue weighted by molar-refractivity contribution is 5.68. The number of nitriles is 1. The van der Waals surface area contributed by atoms with Crippen LogP contribution in [0, 0.1) is 17.9 Å². The molecule has 0 saturated heterocycles. The number of aromatic nitrogens is 1. The van der Waals surface area contributed by atoms with Crippen LogP contribution in [-0.2, 0) is 0 Å². The van der Waals surface area contributed by atoms with Gasteiger partial charge in [0.1, 0.15) is 0 Å². The van der Waals surface area contributed by atoms with Crippen LogP contribution in [0.2, 0.25) is 0 Å². The van der Waals surface area contributed by atoms with Crippen LogP contribution in [-0.4, -0.2) is 4.98 Å². The predicted octanol–water partition coefficient (Wildman–Crippen LogP) is 3.17. The smallest absolute Gasteiger partial charge is 0.189 e. The molecule has 0 fully saturated rings. The summed E-state index contributed by atoms with van der Waals surface area (Å²) in [5.41, 5.74) is 2.50. The van der Waals surface area contributed by atoms with Crippen molar-refractivity contribution >= 4 is 5.69 Å². The fraction of sp³-hybridized carbons (Fsp3) is 0. The number of hydrogen-bond donors (Lipinski definition) is 0. The molecule has 0 aliphatic heterocycles. The zero-order valence-electron chi connectivity index (χ0n) is 8.38. The summed E-state index contributed by atoms with van der Waals surface area (Å²) < 4.78 is 0. The zero-order valence-corrected chi connectivity index (χ0v) is 8.38. The van der Waals surface area contributed by atoms with Crippen LogP contribution in [0.5, 0.6) is 0 Å². The number of benzene rings is 1. The SMILES string of the molecule is [C-]#[N+]c1cc(C#N)cc(-c2ccccn2)c1. The lowest BCUT2D eigenvalue weighted by molar-refractivity contribution is 1.32. The predicted molar refractivity (Wildman–Crippen MR) is 60.7 cm³/mol. The minimum atomic E-state index is 0.458. The van der Waals surface area contributed by atoms with E-state index >= 15 is 0 Å². The number of nitrogens with zero attached hydrogens (tertiary/aromatic N) is 3. The van der Waals surface area contributed by atoms with E-state index in [-0.39, 0.29) is 0 Å². The second-order valence-corrected chi connectivity index (χ2v) is 3.21. The lowest BCUT2D eigenvalue weighted by atomic mass is 10.1. The van der Waals surface area contributed by atoms with Crippen molar-refractivity contribution in [1.29, 1.82) is 5.26 Å². The number of hydrogen-bond acceptors (Lipinski definition) is 2. The van der Waals surface area contributed by atoms with Crippen LogP contribution in [0.3, 0.4) is 0 Å². The summed E-state index contributed by atoms with van der Waals surface area (Å²) >= 11 is 0. The molecule has 0 aliphatic carbocycles. The molecule has 2 aromatic rings. The van der Waals surface area contributed by atoms with E-state index in [1.165, 1.54) is 0 Å². The van der Waals surface area contributed by atoms with Gasteiger partial charge in [0.2, 0.25) is 0 Å². The summed E-state index contributed by atoms with van der Waals surface area (Å²) in [6, 6.07) is 12.6. The molecule has 0 unspecified atom stereocenters. The first kappa shape index (κ1) is 9.89. The lowest BCUT2D eigenvalue weighted by Crippen LogP contribution is -1.83. The summed E-state index contributed by atoms with van der Waals surface area (Å²) in [6.07, 6.45) is 1.69. The standard InChI is InChI=1S/C13H7N3/c1-15-12-7-10(9-14)6-11(8-12)13-4-2-3-5-16-13/h2-8H. The normalized spacial score (nSPS) is 9.12. The fourth-order valence-corrected chi connectivity index (χ4v) is 1.42. The Balaban J connectivity index is 2.59. The molecule has 74 valence electrons. The van der Waals surface area contributed by atoms with Crippen LogP contribution >= 0.6 is 0 Å². The minimum absolute atomic E-state index is 0.458. The molecule has 1 heterocycles. The highest BCUT2D eigenvalue weighted by atomic mass is 14.7. The van der Waals surface area contributed by atoms with Gasteiger partial charge >= 0.3 is 0 Å². The molecule has 0 N–H and O–H groups in total. The van der Waals surface area contributed by atoms with Gasteiger partial charge in [-0.3, -0.25) is 4.98 Å². The first-order chi connectivity index (χ1) is 7.83. The third-order valence-electron chi connectivity index (χ3n) is 2.14. The van der Waals surface area contributed by atoms with Crippen LogP contribution in [0.15, 0.2) is 42.6 Å². The van der Waals surface area contributed by atoms with E-state index in [9.17, 15) is 0 Å². The average Bonchev–Trinajstić information content (AvgIpc) is 2.39. The highest BCUT2D eigenvalue weighted by Crippen LogP contribution is 2.24. The summed E-state index contributed by atoms with van der Waals surface area (Å²) in [5.74, 6) is 0. The van der Waals surface area contributed by atoms with Crippen molar-refractivity contribution in [2.75, 3.05) is 0 Å². The molecule has 0 bridgehead atoms. The van der Waals surface area contributed by atoms with E-state index in [0.29, 0.717) is 11.3 Å². The second kappa shape index (κ2) is 4.25. The van der Waals surface area contributed by atoms with Gasteiger partial charge in [-0.15, -0.1) is 0 Å². The van der Waals surface area contributed by atoms with Gasteiger partial charge in [-0.2, -0.15) is 5.26 Å². The van der Waals surface area contributed by atoms with E-state index < -0.39 is 0 Å². The maximum atomic E-state index is 8.86. The van der Waals surface area contributed by atoms with Gasteiger partial charge in [0.25, 0.3) is 0 Å². The average molecular weight is 205 g/mol. The third kappa shape index (κ3) is 1.89. The van der Waals surface area contributed by atoms with Crippen LogP contribution in [0.25, 0.3) is 16.1 Å². The molecule has 0 saturated carbocycles. The van der Waals surface area contributed by atoms with Gasteiger partial charge in [-0.05, 0) is 35.9 Å². The van der Waals surface area contributed by atoms with Crippen molar-refractivity contribution in [3.63, 3.8) is 0 Å². The molecule has 3 heteroatoms. The monoisotopic (exact) mass is 205 g/mol. The largest absolute Gasteiger partial charge is 0.256 e. The molecule has 0 spiro atoms. The Hall–Kier alpha value is -2.65. The van der Waals surface area contributed by atoms with Crippen molar-refractivity contribution < 1.29 is 0 Å². The Morgan fingerprint density at radius 2 is 2.12 bits per heavy atom. The van der Waals surface area contributed by atoms with Crippen molar-refractivity contribution in [2.45, 2.75) is 0 Å². The third-order valence-corrected chi connectivity index (χ3v) is 2.14. The van der Waals surface area contributed by atoms with E-state index in [4.69, 9.17) is 11.8 Å². The molecule has 2 rings (SSSR count). The Morgan fingerprint density at radius 1 is 1.25 bits per heavy atom. The van der Waals surface area contributed by atoms with Gasteiger partial charge in [-0.25, -0.2) is 4.85 Å². The molecule has 0 radical (unpaired) electrons. The number of pyridine rings is 1. The summed E-state index contributed by atoms with van der Waals surface area (Å²) in [7, 11) is 0. The van der Waals surface area contributed by atoms with Crippen LogP contribution in [0.4, 0.5) is 5.69 Å². The molecule has 0 aliphatic rings. The lowest BCUT2D eigenvalue weighted by Gasteiger charge is -2.01. The van der Waals surface area contributed by atoms with Crippen molar-refractivity contribution in [2.24, 2.45) is 0 Å². The molecule has 0 amide bonds. The zero-order chi connectivity index (χ0) is 11.4. The summed E-state index contributed by atoms with van der Waals surface area (Å²) in [6.45, 7) is 6.97. The van der Waals surface area contributed by atoms with E-state index in [0.717, 1.165) is 11.3 Å². The Bertz CT molecular complexity index is 557. The van der Waals surface area contributed by atoms with Gasteiger partial charge in [0.15, 0.2) is 5.69 Å². The first-order valence-corrected chi connectivity index (χ1v) is 4.67. The molecular weight excluding hydrogens is 198 g/mol. The second-order valence-electron chi connectivity index (χ2n) is 3.21. The van der Waals surface area contributed by atoms with Gasteiger partial charge in [-0.1, -0.05) is 6.07 Å². The molecule has 16 heavy (non-hydrogen) atoms. The van der Waals surface area contributed by atoms with Crippen molar-refractivity contribution in [3.8, 4) is 17.3 Å². The highest BCUT2D eigenvalue weighted by Gasteiger charge is 2.03. The van der Waals surface area contributed by atoms with E-state index in [1.54, 1.807) is 24.4 Å². The molecule has 0 atom stereocenters. The van der Waals surface area contributed by atoms with Crippen molar-refractivity contribution in [3.05, 3.63) is 59.6 Å². The first-order valence-electron chi connectivity index (χ1n) is 4.67. The molecule has 3 nitrogen and oxygen atoms in total. The Morgan fingerprint density at radius 3 is 2.75 bits per heavy atom. The van der Waals surface area contributed by atoms with Crippen molar-refractivity contribution in [1.82, 2.24) is 4.98 Å². The number of rotatable bonds is 1. The van der Waals surface area contributed by atoms with Gasteiger partial charge in [0.05, 0.1) is 18.3 Å². The minimum Gasteiger partial charge on any atom is -0.256 e. The maximum absolute atomic E-state index is 8.86. The maximum Gasteiger partial charge on any atom is 0.189 e. The summed E-state index contributed by atoms with van der Waals surface area (Å²) in [5, 5.41) is 8.86. The van der Waals surface area contributed by atoms with E-state index in [1.807, 2.05) is 24.3 Å². The van der Waals surface area contributed by atoms with Gasteiger partial charge < -0.3 is 0 Å². The quantitative estimate of drug-likeness (QED) is 0.671. The summed E-state index contributed by atoms with van der Waals surface area (Å²) in [4.78, 5) is 7.52. The van der Waals surface area contributed by atoms with Crippen LogP contribution in [0.1, 0.15) is 5.56 Å². The molecular formula is C13H7N3. The fourth-order valence-electron chi connectivity index (χ4n) is 1.42. The van der Waals surface area contributed by atoms with Gasteiger partial charge in [0, 0.05) is 11.8 Å².